The summed E-state index contributed by atoms with van der Waals surface area (Å²) in [5.41, 5.74) is 0.413. The lowest BCUT2D eigenvalue weighted by molar-refractivity contribution is -0.146. The first-order valence-electron chi connectivity index (χ1n) is 13.4. The molecule has 17 heteroatoms. The molecule has 0 unspecified atom stereocenters. The first-order chi connectivity index (χ1) is 21.7. The summed E-state index contributed by atoms with van der Waals surface area (Å²) in [6.45, 7) is 2.41. The van der Waals surface area contributed by atoms with Crippen LogP contribution in [0.4, 0.5) is 16.2 Å². The zero-order chi connectivity index (χ0) is 33.6. The van der Waals surface area contributed by atoms with Crippen LogP contribution in [0.25, 0.3) is 21.5 Å². The number of urea groups is 1. The molecule has 0 heterocycles. The second kappa shape index (κ2) is 14.0. The molecule has 2 amide bonds. The van der Waals surface area contributed by atoms with Crippen LogP contribution in [0.2, 0.25) is 0 Å². The lowest BCUT2D eigenvalue weighted by atomic mass is 10.1. The van der Waals surface area contributed by atoms with E-state index in [2.05, 4.69) is 10.6 Å². The third-order valence-corrected chi connectivity index (χ3v) is 7.85. The number of ether oxygens (including phenoxy) is 4. The summed E-state index contributed by atoms with van der Waals surface area (Å²) in [5, 5.41) is 6.38. The van der Waals surface area contributed by atoms with E-state index in [0.717, 1.165) is 24.3 Å². The van der Waals surface area contributed by atoms with Crippen molar-refractivity contribution in [3.05, 3.63) is 60.7 Å². The van der Waals surface area contributed by atoms with Crippen molar-refractivity contribution in [3.63, 3.8) is 0 Å². The highest BCUT2D eigenvalue weighted by Gasteiger charge is 2.18. The Kier molecular flexibility index (Phi) is 10.3. The Labute approximate surface area is 262 Å². The molecule has 4 rings (SSSR count). The Morgan fingerprint density at radius 1 is 0.630 bits per heavy atom. The maximum Gasteiger partial charge on any atom is 0.344 e. The van der Waals surface area contributed by atoms with E-state index in [0.29, 0.717) is 10.8 Å². The Morgan fingerprint density at radius 2 is 1.02 bits per heavy atom. The van der Waals surface area contributed by atoms with E-state index in [1.807, 2.05) is 0 Å². The third kappa shape index (κ3) is 8.60. The first-order valence-corrected chi connectivity index (χ1v) is 16.3. The minimum absolute atomic E-state index is 0.0276. The summed E-state index contributed by atoms with van der Waals surface area (Å²) < 4.78 is 87.2. The fraction of sp³-hybridized carbons (Fsp3) is 0.207. The van der Waals surface area contributed by atoms with Crippen LogP contribution >= 0.6 is 0 Å². The van der Waals surface area contributed by atoms with Gasteiger partial charge >= 0.3 is 18.0 Å². The number of hydrogen-bond donors (Lipinski definition) is 4. The number of amides is 2. The second-order valence-electron chi connectivity index (χ2n) is 9.43. The van der Waals surface area contributed by atoms with Gasteiger partial charge in [-0.1, -0.05) is 0 Å². The molecule has 0 bridgehead atoms. The van der Waals surface area contributed by atoms with Crippen molar-refractivity contribution in [2.24, 2.45) is 0 Å². The van der Waals surface area contributed by atoms with Gasteiger partial charge in [-0.15, -0.1) is 0 Å². The van der Waals surface area contributed by atoms with Gasteiger partial charge in [0.2, 0.25) is 0 Å². The summed E-state index contributed by atoms with van der Waals surface area (Å²) in [5.74, 6) is -1.43. The van der Waals surface area contributed by atoms with Gasteiger partial charge in [0, 0.05) is 34.3 Å². The van der Waals surface area contributed by atoms with Gasteiger partial charge in [-0.3, -0.25) is 9.11 Å². The van der Waals surface area contributed by atoms with Crippen LogP contribution in [0.1, 0.15) is 13.8 Å². The van der Waals surface area contributed by atoms with E-state index in [4.69, 9.17) is 18.9 Å². The average molecular weight is 677 g/mol. The maximum absolute atomic E-state index is 12.9. The number of hydrogen-bond acceptors (Lipinski definition) is 11. The van der Waals surface area contributed by atoms with Gasteiger partial charge in [0.05, 0.1) is 23.0 Å². The highest BCUT2D eigenvalue weighted by molar-refractivity contribution is 7.86. The summed E-state index contributed by atoms with van der Waals surface area (Å²) in [6, 6.07) is 12.5. The second-order valence-corrected chi connectivity index (χ2v) is 12.3. The van der Waals surface area contributed by atoms with Crippen LogP contribution in [0.3, 0.4) is 0 Å². The summed E-state index contributed by atoms with van der Waals surface area (Å²) in [6.07, 6.45) is 0. The lowest BCUT2D eigenvalue weighted by Gasteiger charge is -2.14. The van der Waals surface area contributed by atoms with Crippen molar-refractivity contribution in [2.45, 2.75) is 23.6 Å². The quantitative estimate of drug-likeness (QED) is 0.123. The zero-order valence-corrected chi connectivity index (χ0v) is 25.9. The summed E-state index contributed by atoms with van der Waals surface area (Å²) in [4.78, 5) is 35.4. The van der Waals surface area contributed by atoms with Crippen LogP contribution in [0, 0.1) is 0 Å². The minimum Gasteiger partial charge on any atom is -0.481 e. The molecule has 0 fully saturated rings. The fourth-order valence-corrected chi connectivity index (χ4v) is 5.34. The number of nitrogens with one attached hydrogen (secondary N) is 2. The first kappa shape index (κ1) is 33.9. The van der Waals surface area contributed by atoms with Crippen molar-refractivity contribution < 1.29 is 59.3 Å². The largest absolute Gasteiger partial charge is 0.481 e. The molecule has 0 saturated carbocycles. The van der Waals surface area contributed by atoms with E-state index in [9.17, 15) is 40.3 Å². The molecule has 15 nitrogen and oxygen atoms in total. The van der Waals surface area contributed by atoms with Crippen molar-refractivity contribution >= 4 is 71.1 Å². The smallest absolute Gasteiger partial charge is 0.344 e. The van der Waals surface area contributed by atoms with Crippen LogP contribution < -0.4 is 20.1 Å². The number of carbonyl (C=O) groups is 3. The predicted molar refractivity (Wildman–Crippen MR) is 164 cm³/mol. The van der Waals surface area contributed by atoms with Gasteiger partial charge in [0.25, 0.3) is 20.2 Å². The predicted octanol–water partition coefficient (Wildman–Crippen LogP) is 4.01. The number of esters is 2. The van der Waals surface area contributed by atoms with E-state index in [1.165, 1.54) is 36.4 Å². The molecule has 0 aliphatic heterocycles. The molecule has 4 N–H and O–H groups in total. The van der Waals surface area contributed by atoms with Crippen molar-refractivity contribution in [3.8, 4) is 11.5 Å². The van der Waals surface area contributed by atoms with E-state index in [-0.39, 0.29) is 46.9 Å². The molecule has 0 atom stereocenters. The SMILES string of the molecule is CCOC(=O)COc1cc(S(=O)(=O)O)cc2cc(NC(=O)Nc3ccc4c(OCC(=O)OCC)cc(S(=O)(=O)O)cc4c3)ccc12. The molecule has 46 heavy (non-hydrogen) atoms. The van der Waals surface area contributed by atoms with E-state index in [1.54, 1.807) is 13.8 Å². The average Bonchev–Trinajstić information content (AvgIpc) is 2.97. The molecule has 0 aromatic heterocycles. The van der Waals surface area contributed by atoms with Gasteiger partial charge in [-0.25, -0.2) is 14.4 Å². The highest BCUT2D eigenvalue weighted by atomic mass is 32.2. The van der Waals surface area contributed by atoms with Gasteiger partial charge in [-0.05, 0) is 73.2 Å². The van der Waals surface area contributed by atoms with Gasteiger partial charge in [0.15, 0.2) is 13.2 Å². The molecule has 0 aliphatic carbocycles. The van der Waals surface area contributed by atoms with Gasteiger partial charge < -0.3 is 29.6 Å². The molecule has 0 radical (unpaired) electrons. The topological polar surface area (TPSA) is 221 Å². The number of carbonyl (C=O) groups excluding carboxylic acids is 3. The zero-order valence-electron chi connectivity index (χ0n) is 24.3. The number of anilines is 2. The molecule has 0 spiro atoms. The minimum atomic E-state index is -4.67. The molecule has 0 aliphatic rings. The molecule has 244 valence electrons. The van der Waals surface area contributed by atoms with E-state index >= 15 is 0 Å². The van der Waals surface area contributed by atoms with Crippen LogP contribution in [-0.4, -0.2) is 70.3 Å². The number of fused-ring (bicyclic) bond motifs is 2. The molecular weight excluding hydrogens is 648 g/mol. The van der Waals surface area contributed by atoms with Crippen LogP contribution in [-0.2, 0) is 39.3 Å². The van der Waals surface area contributed by atoms with Gasteiger partial charge in [0.1, 0.15) is 11.5 Å². The monoisotopic (exact) mass is 676 g/mol. The Hall–Kier alpha value is -4.97. The summed E-state index contributed by atoms with van der Waals surface area (Å²) >= 11 is 0. The van der Waals surface area contributed by atoms with Gasteiger partial charge in [-0.2, -0.15) is 16.8 Å². The third-order valence-electron chi connectivity index (χ3n) is 6.19. The molecular formula is C29H28N2O13S2. The highest BCUT2D eigenvalue weighted by Crippen LogP contribution is 2.33. The normalized spacial score (nSPS) is 11.6. The Morgan fingerprint density at radius 3 is 1.37 bits per heavy atom. The number of benzene rings is 4. The molecule has 0 saturated heterocycles. The maximum atomic E-state index is 12.9. The standard InChI is InChI=1S/C29H28N2O13S2/c1-3-41-27(32)15-43-25-13-21(45(35,36)37)11-17-9-19(5-7-23(17)25)30-29(34)31-20-6-8-24-18(10-20)12-22(46(38,39)40)14-26(24)44-16-28(33)42-4-2/h5-14H,3-4,15-16H2,1-2H3,(H2,30,31,34)(H,35,36,37)(H,38,39,40). The summed E-state index contributed by atoms with van der Waals surface area (Å²) in [7, 11) is -9.33. The Balaban J connectivity index is 1.59. The fourth-order valence-electron chi connectivity index (χ4n) is 4.28. The lowest BCUT2D eigenvalue weighted by Crippen LogP contribution is -2.19. The van der Waals surface area contributed by atoms with Crippen molar-refractivity contribution in [2.75, 3.05) is 37.1 Å². The molecule has 4 aromatic carbocycles. The van der Waals surface area contributed by atoms with Crippen molar-refractivity contribution in [1.82, 2.24) is 0 Å². The van der Waals surface area contributed by atoms with Crippen LogP contribution in [0.15, 0.2) is 70.5 Å². The van der Waals surface area contributed by atoms with Crippen molar-refractivity contribution in [1.29, 1.82) is 0 Å². The Bertz CT molecular complexity index is 1900. The van der Waals surface area contributed by atoms with E-state index < -0.39 is 61.2 Å². The molecule has 4 aromatic rings. The number of rotatable bonds is 12. The van der Waals surface area contributed by atoms with Crippen LogP contribution in [0.5, 0.6) is 11.5 Å².